The molecule has 0 bridgehead atoms. The first kappa shape index (κ1) is 8.13. The van der Waals surface area contributed by atoms with Gasteiger partial charge in [0.2, 0.25) is 6.79 Å². The predicted molar refractivity (Wildman–Crippen MR) is 49.7 cm³/mol. The fourth-order valence-corrected chi connectivity index (χ4v) is 1.34. The second-order valence-corrected chi connectivity index (χ2v) is 2.84. The van der Waals surface area contributed by atoms with Gasteiger partial charge in [0, 0.05) is 5.56 Å². The molecule has 0 amide bonds. The third-order valence-electron chi connectivity index (χ3n) is 2.04. The molecule has 1 aromatic rings. The lowest BCUT2D eigenvalue weighted by Crippen LogP contribution is -2.07. The van der Waals surface area contributed by atoms with Crippen molar-refractivity contribution in [3.63, 3.8) is 0 Å². The Labute approximate surface area is 76.8 Å². The average molecular weight is 177 g/mol. The van der Waals surface area contributed by atoms with Gasteiger partial charge < -0.3 is 15.2 Å². The minimum absolute atomic E-state index is 0.198. The number of benzene rings is 1. The van der Waals surface area contributed by atoms with Crippen molar-refractivity contribution < 1.29 is 9.47 Å². The number of ether oxygens (including phenoxy) is 2. The van der Waals surface area contributed by atoms with Gasteiger partial charge in [-0.1, -0.05) is 18.2 Å². The van der Waals surface area contributed by atoms with Gasteiger partial charge in [0.05, 0.1) is 6.04 Å². The molecule has 13 heavy (non-hydrogen) atoms. The zero-order valence-electron chi connectivity index (χ0n) is 7.19. The van der Waals surface area contributed by atoms with Crippen LogP contribution in [0.25, 0.3) is 0 Å². The smallest absolute Gasteiger partial charge is 0.231 e. The molecule has 0 spiro atoms. The summed E-state index contributed by atoms with van der Waals surface area (Å²) in [6.45, 7) is 3.92. The summed E-state index contributed by atoms with van der Waals surface area (Å²) in [6, 6.07) is 5.48. The molecule has 0 radical (unpaired) electrons. The van der Waals surface area contributed by atoms with E-state index in [0.29, 0.717) is 0 Å². The minimum Gasteiger partial charge on any atom is -0.454 e. The first-order valence-electron chi connectivity index (χ1n) is 4.09. The summed E-state index contributed by atoms with van der Waals surface area (Å²) in [6.07, 6.45) is 1.68. The zero-order chi connectivity index (χ0) is 9.26. The van der Waals surface area contributed by atoms with Gasteiger partial charge in [-0.2, -0.15) is 0 Å². The SMILES string of the molecule is C=C[C@@H](N)c1cccc2c1OCO2. The molecule has 0 saturated carbocycles. The molecule has 3 nitrogen and oxygen atoms in total. The first-order valence-corrected chi connectivity index (χ1v) is 4.09. The van der Waals surface area contributed by atoms with Crippen molar-refractivity contribution >= 4 is 0 Å². The summed E-state index contributed by atoms with van der Waals surface area (Å²) in [5.74, 6) is 1.50. The molecule has 1 aliphatic rings. The zero-order valence-corrected chi connectivity index (χ0v) is 7.19. The molecule has 68 valence electrons. The summed E-state index contributed by atoms with van der Waals surface area (Å²) < 4.78 is 10.5. The summed E-state index contributed by atoms with van der Waals surface area (Å²) in [4.78, 5) is 0. The Kier molecular flexibility index (Phi) is 1.94. The van der Waals surface area contributed by atoms with E-state index in [9.17, 15) is 0 Å². The molecular weight excluding hydrogens is 166 g/mol. The molecule has 3 heteroatoms. The van der Waals surface area contributed by atoms with Crippen LogP contribution < -0.4 is 15.2 Å². The Morgan fingerprint density at radius 3 is 3.08 bits per heavy atom. The Balaban J connectivity index is 2.46. The van der Waals surface area contributed by atoms with Gasteiger partial charge in [0.1, 0.15) is 0 Å². The third-order valence-corrected chi connectivity index (χ3v) is 2.04. The van der Waals surface area contributed by atoms with Crippen molar-refractivity contribution in [2.45, 2.75) is 6.04 Å². The lowest BCUT2D eigenvalue weighted by molar-refractivity contribution is 0.173. The Morgan fingerprint density at radius 1 is 1.46 bits per heavy atom. The summed E-state index contributed by atoms with van der Waals surface area (Å²) in [5.41, 5.74) is 6.74. The molecule has 0 aliphatic carbocycles. The summed E-state index contributed by atoms with van der Waals surface area (Å²) >= 11 is 0. The van der Waals surface area contributed by atoms with Crippen molar-refractivity contribution in [2.24, 2.45) is 5.73 Å². The molecular formula is C10H11NO2. The summed E-state index contributed by atoms with van der Waals surface area (Å²) in [5, 5.41) is 0. The highest BCUT2D eigenvalue weighted by Gasteiger charge is 2.19. The largest absolute Gasteiger partial charge is 0.454 e. The molecule has 1 aromatic carbocycles. The molecule has 1 heterocycles. The topological polar surface area (TPSA) is 44.5 Å². The van der Waals surface area contributed by atoms with Crippen LogP contribution in [0.3, 0.4) is 0 Å². The lowest BCUT2D eigenvalue weighted by atomic mass is 10.1. The van der Waals surface area contributed by atoms with Crippen LogP contribution in [0, 0.1) is 0 Å². The van der Waals surface area contributed by atoms with Gasteiger partial charge in [-0.05, 0) is 6.07 Å². The number of nitrogens with two attached hydrogens (primary N) is 1. The van der Waals surface area contributed by atoms with Crippen molar-refractivity contribution in [3.05, 3.63) is 36.4 Å². The highest BCUT2D eigenvalue weighted by molar-refractivity contribution is 5.50. The van der Waals surface area contributed by atoms with Crippen molar-refractivity contribution in [2.75, 3.05) is 6.79 Å². The molecule has 2 rings (SSSR count). The Bertz CT molecular complexity index is 336. The van der Waals surface area contributed by atoms with Crippen molar-refractivity contribution in [1.29, 1.82) is 0 Å². The minimum atomic E-state index is -0.198. The van der Waals surface area contributed by atoms with Crippen LogP contribution in [0.1, 0.15) is 11.6 Å². The fraction of sp³-hybridized carbons (Fsp3) is 0.200. The lowest BCUT2D eigenvalue weighted by Gasteiger charge is -2.09. The maximum atomic E-state index is 5.81. The van der Waals surface area contributed by atoms with E-state index in [1.165, 1.54) is 0 Å². The maximum Gasteiger partial charge on any atom is 0.231 e. The van der Waals surface area contributed by atoms with Crippen LogP contribution in [0.15, 0.2) is 30.9 Å². The van der Waals surface area contributed by atoms with Gasteiger partial charge in [0.25, 0.3) is 0 Å². The highest BCUT2D eigenvalue weighted by atomic mass is 16.7. The summed E-state index contributed by atoms with van der Waals surface area (Å²) in [7, 11) is 0. The van der Waals surface area contributed by atoms with E-state index in [1.54, 1.807) is 6.08 Å². The van der Waals surface area contributed by atoms with Crippen LogP contribution in [-0.4, -0.2) is 6.79 Å². The fourth-order valence-electron chi connectivity index (χ4n) is 1.34. The van der Waals surface area contributed by atoms with Crippen LogP contribution in [0.5, 0.6) is 11.5 Å². The van der Waals surface area contributed by atoms with E-state index in [1.807, 2.05) is 18.2 Å². The van der Waals surface area contributed by atoms with E-state index in [2.05, 4.69) is 6.58 Å². The van der Waals surface area contributed by atoms with Gasteiger partial charge in [-0.3, -0.25) is 0 Å². The van der Waals surface area contributed by atoms with Crippen molar-refractivity contribution in [1.82, 2.24) is 0 Å². The van der Waals surface area contributed by atoms with Gasteiger partial charge in [-0.15, -0.1) is 6.58 Å². The van der Waals surface area contributed by atoms with E-state index in [4.69, 9.17) is 15.2 Å². The second kappa shape index (κ2) is 3.11. The molecule has 1 aliphatic heterocycles. The van der Waals surface area contributed by atoms with Crippen LogP contribution in [0.4, 0.5) is 0 Å². The second-order valence-electron chi connectivity index (χ2n) is 2.84. The maximum absolute atomic E-state index is 5.81. The quantitative estimate of drug-likeness (QED) is 0.698. The highest BCUT2D eigenvalue weighted by Crippen LogP contribution is 2.37. The number of hydrogen-bond acceptors (Lipinski definition) is 3. The van der Waals surface area contributed by atoms with Crippen LogP contribution in [0.2, 0.25) is 0 Å². The monoisotopic (exact) mass is 177 g/mol. The third kappa shape index (κ3) is 1.27. The van der Waals surface area contributed by atoms with Gasteiger partial charge >= 0.3 is 0 Å². The Morgan fingerprint density at radius 2 is 2.31 bits per heavy atom. The molecule has 2 N–H and O–H groups in total. The molecule has 0 aromatic heterocycles. The van der Waals surface area contributed by atoms with E-state index in [-0.39, 0.29) is 12.8 Å². The predicted octanol–water partition coefficient (Wildman–Crippen LogP) is 1.60. The van der Waals surface area contributed by atoms with Crippen LogP contribution in [-0.2, 0) is 0 Å². The molecule has 0 fully saturated rings. The Hall–Kier alpha value is -1.48. The number of para-hydroxylation sites is 1. The molecule has 0 unspecified atom stereocenters. The normalized spacial score (nSPS) is 15.5. The number of rotatable bonds is 2. The van der Waals surface area contributed by atoms with Gasteiger partial charge in [-0.25, -0.2) is 0 Å². The first-order chi connectivity index (χ1) is 6.33. The van der Waals surface area contributed by atoms with E-state index < -0.39 is 0 Å². The van der Waals surface area contributed by atoms with Crippen molar-refractivity contribution in [3.8, 4) is 11.5 Å². The van der Waals surface area contributed by atoms with Crippen LogP contribution >= 0.6 is 0 Å². The standard InChI is InChI=1S/C10H11NO2/c1-2-8(11)7-4-3-5-9-10(7)13-6-12-9/h2-5,8H,1,6,11H2/t8-/m1/s1. The molecule has 0 saturated heterocycles. The molecule has 1 atom stereocenters. The number of hydrogen-bond donors (Lipinski definition) is 1. The number of fused-ring (bicyclic) bond motifs is 1. The van der Waals surface area contributed by atoms with E-state index in [0.717, 1.165) is 17.1 Å². The van der Waals surface area contributed by atoms with Gasteiger partial charge in [0.15, 0.2) is 11.5 Å². The average Bonchev–Trinajstić information content (AvgIpc) is 2.63. The van der Waals surface area contributed by atoms with E-state index >= 15 is 0 Å².